The molecule has 1 amide bonds. The van der Waals surface area contributed by atoms with Crippen molar-refractivity contribution in [2.24, 2.45) is 0 Å². The number of nitrogens with one attached hydrogen (secondary N) is 1. The first-order chi connectivity index (χ1) is 14.2. The normalized spacial score (nSPS) is 16.9. The number of carbonyl (C=O) groups excluding carboxylic acids is 1. The van der Waals surface area contributed by atoms with E-state index in [4.69, 9.17) is 9.26 Å². The predicted molar refractivity (Wildman–Crippen MR) is 108 cm³/mol. The van der Waals surface area contributed by atoms with Crippen LogP contribution in [-0.4, -0.2) is 46.4 Å². The number of amides is 1. The van der Waals surface area contributed by atoms with Crippen molar-refractivity contribution in [2.75, 3.05) is 20.2 Å². The molecule has 0 aliphatic carbocycles. The van der Waals surface area contributed by atoms with Gasteiger partial charge in [-0.1, -0.05) is 35.5 Å². The van der Waals surface area contributed by atoms with Crippen LogP contribution in [0.4, 0.5) is 0 Å². The number of benzene rings is 1. The Bertz CT molecular complexity index is 964. The zero-order valence-corrected chi connectivity index (χ0v) is 16.9. The quantitative estimate of drug-likeness (QED) is 0.692. The van der Waals surface area contributed by atoms with Crippen molar-refractivity contribution in [3.63, 3.8) is 0 Å². The van der Waals surface area contributed by atoms with E-state index < -0.39 is 0 Å². The lowest BCUT2D eigenvalue weighted by Crippen LogP contribution is -2.40. The van der Waals surface area contributed by atoms with Crippen molar-refractivity contribution >= 4 is 5.91 Å². The smallest absolute Gasteiger partial charge is 0.276 e. The van der Waals surface area contributed by atoms with Gasteiger partial charge in [0.1, 0.15) is 5.76 Å². The average molecular weight is 394 g/mol. The molecule has 1 fully saturated rings. The second-order valence-corrected chi connectivity index (χ2v) is 7.56. The topological polar surface area (TPSA) is 84.2 Å². The van der Waals surface area contributed by atoms with Gasteiger partial charge < -0.3 is 14.2 Å². The Labute approximate surface area is 170 Å². The van der Waals surface area contributed by atoms with Gasteiger partial charge in [0, 0.05) is 38.2 Å². The molecule has 0 bridgehead atoms. The molecule has 4 rings (SSSR count). The molecule has 1 aromatic carbocycles. The predicted octanol–water partition coefficient (Wildman–Crippen LogP) is 3.46. The standard InChI is InChI=1S/C22H26N4O3/c1-15-19(14-28-2)21(25-29-15)22(27)26-10-6-9-17(13-26)20-18(12-23-24-20)11-16-7-4-3-5-8-16/h3-5,7-8,12,17H,6,9-11,13-14H2,1-2H3,(H,23,24)/t17-/m1/s1. The molecule has 1 saturated heterocycles. The molecule has 0 spiro atoms. The number of H-pyrrole nitrogens is 1. The summed E-state index contributed by atoms with van der Waals surface area (Å²) in [4.78, 5) is 15.0. The van der Waals surface area contributed by atoms with Crippen molar-refractivity contribution in [2.45, 2.75) is 38.7 Å². The Hall–Kier alpha value is -2.93. The molecular formula is C22H26N4O3. The number of carbonyl (C=O) groups is 1. The average Bonchev–Trinajstić information content (AvgIpc) is 3.36. The lowest BCUT2D eigenvalue weighted by Gasteiger charge is -2.32. The number of hydrogen-bond donors (Lipinski definition) is 1. The first-order valence-corrected chi connectivity index (χ1v) is 9.96. The van der Waals surface area contributed by atoms with Gasteiger partial charge in [-0.05, 0) is 30.9 Å². The number of rotatable bonds is 6. The summed E-state index contributed by atoms with van der Waals surface area (Å²) in [5, 5.41) is 11.5. The van der Waals surface area contributed by atoms with Crippen LogP contribution < -0.4 is 0 Å². The number of methoxy groups -OCH3 is 1. The van der Waals surface area contributed by atoms with Gasteiger partial charge in [-0.2, -0.15) is 5.10 Å². The molecule has 3 aromatic rings. The fourth-order valence-electron chi connectivity index (χ4n) is 4.05. The third kappa shape index (κ3) is 4.10. The zero-order valence-electron chi connectivity index (χ0n) is 16.9. The summed E-state index contributed by atoms with van der Waals surface area (Å²) in [7, 11) is 1.60. The number of aromatic nitrogens is 3. The van der Waals surface area contributed by atoms with Crippen LogP contribution in [0.5, 0.6) is 0 Å². The number of aryl methyl sites for hydroxylation is 1. The molecule has 0 unspecified atom stereocenters. The molecule has 7 heteroatoms. The maximum Gasteiger partial charge on any atom is 0.276 e. The van der Waals surface area contributed by atoms with E-state index in [1.807, 2.05) is 29.3 Å². The molecule has 29 heavy (non-hydrogen) atoms. The summed E-state index contributed by atoms with van der Waals surface area (Å²) in [5.74, 6) is 0.762. The van der Waals surface area contributed by atoms with Crippen molar-refractivity contribution in [1.82, 2.24) is 20.3 Å². The summed E-state index contributed by atoms with van der Waals surface area (Å²) >= 11 is 0. The van der Waals surface area contributed by atoms with E-state index in [2.05, 4.69) is 27.5 Å². The summed E-state index contributed by atoms with van der Waals surface area (Å²) in [6.07, 6.45) is 4.70. The van der Waals surface area contributed by atoms with Crippen molar-refractivity contribution in [3.8, 4) is 0 Å². The largest absolute Gasteiger partial charge is 0.380 e. The van der Waals surface area contributed by atoms with Gasteiger partial charge in [0.05, 0.1) is 18.4 Å². The molecule has 7 nitrogen and oxygen atoms in total. The summed E-state index contributed by atoms with van der Waals surface area (Å²) in [6, 6.07) is 10.4. The second kappa shape index (κ2) is 8.61. The Kier molecular flexibility index (Phi) is 5.76. The highest BCUT2D eigenvalue weighted by Crippen LogP contribution is 2.30. The van der Waals surface area contributed by atoms with Gasteiger partial charge in [0.15, 0.2) is 5.69 Å². The van der Waals surface area contributed by atoms with E-state index in [-0.39, 0.29) is 11.8 Å². The van der Waals surface area contributed by atoms with Crippen LogP contribution in [0.1, 0.15) is 57.4 Å². The molecule has 1 aliphatic rings. The number of hydrogen-bond acceptors (Lipinski definition) is 5. The summed E-state index contributed by atoms with van der Waals surface area (Å²) in [6.45, 7) is 3.48. The molecule has 152 valence electrons. The minimum Gasteiger partial charge on any atom is -0.380 e. The fraction of sp³-hybridized carbons (Fsp3) is 0.409. The molecule has 2 aromatic heterocycles. The van der Waals surface area contributed by atoms with E-state index in [1.165, 1.54) is 11.1 Å². The van der Waals surface area contributed by atoms with Crippen molar-refractivity contribution in [1.29, 1.82) is 0 Å². The highest BCUT2D eigenvalue weighted by molar-refractivity contribution is 5.94. The number of nitrogens with zero attached hydrogens (tertiary/aromatic N) is 3. The third-order valence-electron chi connectivity index (χ3n) is 5.58. The molecule has 0 saturated carbocycles. The van der Waals surface area contributed by atoms with E-state index in [1.54, 1.807) is 14.0 Å². The SMILES string of the molecule is COCc1c(C(=O)N2CCC[C@@H](c3[nH]ncc3Cc3ccccc3)C2)noc1C. The molecular weight excluding hydrogens is 368 g/mol. The Balaban J connectivity index is 1.51. The maximum atomic E-state index is 13.1. The Morgan fingerprint density at radius 1 is 1.34 bits per heavy atom. The molecule has 0 radical (unpaired) electrons. The van der Waals surface area contributed by atoms with Gasteiger partial charge in [-0.15, -0.1) is 0 Å². The second-order valence-electron chi connectivity index (χ2n) is 7.56. The van der Waals surface area contributed by atoms with Crippen LogP contribution >= 0.6 is 0 Å². The van der Waals surface area contributed by atoms with Crippen molar-refractivity contribution in [3.05, 3.63) is 70.4 Å². The first kappa shape index (κ1) is 19.4. The monoisotopic (exact) mass is 394 g/mol. The summed E-state index contributed by atoms with van der Waals surface area (Å²) < 4.78 is 10.5. The molecule has 1 N–H and O–H groups in total. The molecule has 3 heterocycles. The van der Waals surface area contributed by atoms with E-state index >= 15 is 0 Å². The van der Waals surface area contributed by atoms with Crippen molar-refractivity contribution < 1.29 is 14.1 Å². The van der Waals surface area contributed by atoms with Gasteiger partial charge >= 0.3 is 0 Å². The highest BCUT2D eigenvalue weighted by atomic mass is 16.5. The third-order valence-corrected chi connectivity index (χ3v) is 5.58. The number of piperidine rings is 1. The Morgan fingerprint density at radius 3 is 2.97 bits per heavy atom. The number of ether oxygens (including phenoxy) is 1. The zero-order chi connectivity index (χ0) is 20.2. The van der Waals surface area contributed by atoms with Crippen LogP contribution in [0.15, 0.2) is 41.1 Å². The molecule has 1 atom stereocenters. The fourth-order valence-corrected chi connectivity index (χ4v) is 4.05. The van der Waals surface area contributed by atoms with E-state index in [0.717, 1.165) is 37.1 Å². The minimum absolute atomic E-state index is 0.0947. The van der Waals surface area contributed by atoms with Gasteiger partial charge in [0.2, 0.25) is 0 Å². The van der Waals surface area contributed by atoms with Crippen LogP contribution in [0.3, 0.4) is 0 Å². The van der Waals surface area contributed by atoms with Gasteiger partial charge in [-0.25, -0.2) is 0 Å². The first-order valence-electron chi connectivity index (χ1n) is 9.96. The van der Waals surface area contributed by atoms with E-state index in [0.29, 0.717) is 24.6 Å². The van der Waals surface area contributed by atoms with E-state index in [9.17, 15) is 4.79 Å². The maximum absolute atomic E-state index is 13.1. The number of likely N-dealkylation sites (tertiary alicyclic amines) is 1. The number of aromatic amines is 1. The van der Waals surface area contributed by atoms with Gasteiger partial charge in [0.25, 0.3) is 5.91 Å². The van der Waals surface area contributed by atoms with Crippen LogP contribution in [0.2, 0.25) is 0 Å². The van der Waals surface area contributed by atoms with Gasteiger partial charge in [-0.3, -0.25) is 9.89 Å². The highest BCUT2D eigenvalue weighted by Gasteiger charge is 2.31. The van der Waals surface area contributed by atoms with Crippen LogP contribution in [0.25, 0.3) is 0 Å². The summed E-state index contributed by atoms with van der Waals surface area (Å²) in [5.41, 5.74) is 4.65. The minimum atomic E-state index is -0.0947. The lowest BCUT2D eigenvalue weighted by atomic mass is 9.90. The molecule has 1 aliphatic heterocycles. The van der Waals surface area contributed by atoms with Crippen LogP contribution in [0, 0.1) is 6.92 Å². The van der Waals surface area contributed by atoms with Crippen LogP contribution in [-0.2, 0) is 17.8 Å². The lowest BCUT2D eigenvalue weighted by molar-refractivity contribution is 0.0691. The Morgan fingerprint density at radius 2 is 2.17 bits per heavy atom.